The van der Waals surface area contributed by atoms with E-state index in [4.69, 9.17) is 0 Å². The number of para-hydroxylation sites is 1. The summed E-state index contributed by atoms with van der Waals surface area (Å²) in [5, 5.41) is 2.79. The zero-order valence-electron chi connectivity index (χ0n) is 21.2. The number of nitrogens with one attached hydrogen (secondary N) is 1. The average Bonchev–Trinajstić information content (AvgIpc) is 2.90. The number of nitrogens with zero attached hydrogens (tertiary/aromatic N) is 2. The predicted octanol–water partition coefficient (Wildman–Crippen LogP) is 4.27. The Kier molecular flexibility index (Phi) is 9.41. The van der Waals surface area contributed by atoms with Gasteiger partial charge in [0.15, 0.2) is 0 Å². The maximum atomic E-state index is 14.9. The van der Waals surface area contributed by atoms with E-state index in [1.807, 2.05) is 38.1 Å². The molecule has 0 fully saturated rings. The first-order valence-corrected chi connectivity index (χ1v) is 13.5. The fourth-order valence-electron chi connectivity index (χ4n) is 3.76. The van der Waals surface area contributed by atoms with Gasteiger partial charge in [-0.2, -0.15) is 0 Å². The van der Waals surface area contributed by atoms with E-state index in [-0.39, 0.29) is 23.0 Å². The number of sulfonamides is 1. The molecule has 3 aromatic carbocycles. The lowest BCUT2D eigenvalue weighted by Gasteiger charge is -2.32. The van der Waals surface area contributed by atoms with Gasteiger partial charge in [0.2, 0.25) is 11.8 Å². The third kappa shape index (κ3) is 6.95. The first-order chi connectivity index (χ1) is 17.6. The Balaban J connectivity index is 2.01. The Bertz CT molecular complexity index is 1310. The van der Waals surface area contributed by atoms with Crippen LogP contribution in [0.2, 0.25) is 0 Å². The topological polar surface area (TPSA) is 86.8 Å². The van der Waals surface area contributed by atoms with Gasteiger partial charge in [0.1, 0.15) is 18.4 Å². The van der Waals surface area contributed by atoms with Gasteiger partial charge in [-0.15, -0.1) is 0 Å². The highest BCUT2D eigenvalue weighted by atomic mass is 32.2. The minimum atomic E-state index is -4.30. The first-order valence-electron chi connectivity index (χ1n) is 12.1. The van der Waals surface area contributed by atoms with Crippen LogP contribution in [-0.2, 0) is 26.2 Å². The second-order valence-corrected chi connectivity index (χ2v) is 10.6. The zero-order valence-corrected chi connectivity index (χ0v) is 22.0. The molecule has 0 aliphatic rings. The van der Waals surface area contributed by atoms with Crippen LogP contribution in [0.15, 0.2) is 83.8 Å². The molecule has 0 heterocycles. The number of hydrogen-bond acceptors (Lipinski definition) is 4. The molecule has 37 heavy (non-hydrogen) atoms. The first kappa shape index (κ1) is 27.9. The third-order valence-electron chi connectivity index (χ3n) is 5.92. The van der Waals surface area contributed by atoms with Crippen molar-refractivity contribution in [3.8, 4) is 0 Å². The van der Waals surface area contributed by atoms with Gasteiger partial charge >= 0.3 is 0 Å². The maximum Gasteiger partial charge on any atom is 0.264 e. The van der Waals surface area contributed by atoms with Crippen molar-refractivity contribution in [2.45, 2.75) is 44.7 Å². The summed E-state index contributed by atoms with van der Waals surface area (Å²) in [6.45, 7) is 5.29. The van der Waals surface area contributed by atoms with Crippen LogP contribution in [0.5, 0.6) is 0 Å². The quantitative estimate of drug-likeness (QED) is 0.405. The largest absolute Gasteiger partial charge is 0.354 e. The SMILES string of the molecule is CCCNC(=O)[C@@H](C)N(Cc1ccc(C)cc1)C(=O)CN(c1ccccc1F)S(=O)(=O)c1ccccc1. The van der Waals surface area contributed by atoms with Gasteiger partial charge in [0.05, 0.1) is 10.6 Å². The number of anilines is 1. The van der Waals surface area contributed by atoms with Crippen LogP contribution in [0.25, 0.3) is 0 Å². The van der Waals surface area contributed by atoms with Crippen molar-refractivity contribution in [1.82, 2.24) is 10.2 Å². The molecule has 1 N–H and O–H groups in total. The van der Waals surface area contributed by atoms with Crippen LogP contribution in [0, 0.1) is 12.7 Å². The molecule has 7 nitrogen and oxygen atoms in total. The lowest BCUT2D eigenvalue weighted by molar-refractivity contribution is -0.139. The monoisotopic (exact) mass is 525 g/mol. The number of rotatable bonds is 11. The van der Waals surface area contributed by atoms with E-state index in [0.717, 1.165) is 27.9 Å². The van der Waals surface area contributed by atoms with Crippen molar-refractivity contribution in [1.29, 1.82) is 0 Å². The molecule has 1 atom stereocenters. The summed E-state index contributed by atoms with van der Waals surface area (Å²) >= 11 is 0. The number of halogens is 1. The standard InChI is InChI=1S/C28H32FN3O4S/c1-4-18-30-28(34)22(3)31(19-23-16-14-21(2)15-17-23)27(33)20-32(26-13-9-8-12-25(26)29)37(35,36)24-10-6-5-7-11-24/h5-17,22H,4,18-20H2,1-3H3,(H,30,34)/t22-/m1/s1. The van der Waals surface area contributed by atoms with Crippen LogP contribution < -0.4 is 9.62 Å². The minimum absolute atomic E-state index is 0.0788. The van der Waals surface area contributed by atoms with Crippen LogP contribution in [-0.4, -0.2) is 44.3 Å². The Morgan fingerprint density at radius 2 is 1.57 bits per heavy atom. The molecule has 0 radical (unpaired) electrons. The number of aryl methyl sites for hydroxylation is 1. The second kappa shape index (κ2) is 12.5. The zero-order chi connectivity index (χ0) is 27.0. The van der Waals surface area contributed by atoms with Gasteiger partial charge in [-0.05, 0) is 50.1 Å². The highest BCUT2D eigenvalue weighted by Crippen LogP contribution is 2.26. The summed E-state index contributed by atoms with van der Waals surface area (Å²) < 4.78 is 42.8. The molecule has 3 aromatic rings. The summed E-state index contributed by atoms with van der Waals surface area (Å²) in [4.78, 5) is 27.8. The number of hydrogen-bond donors (Lipinski definition) is 1. The van der Waals surface area contributed by atoms with Gasteiger partial charge in [-0.3, -0.25) is 13.9 Å². The lowest BCUT2D eigenvalue weighted by Crippen LogP contribution is -2.51. The summed E-state index contributed by atoms with van der Waals surface area (Å²) in [5.41, 5.74) is 1.56. The second-order valence-electron chi connectivity index (χ2n) is 8.75. The normalized spacial score (nSPS) is 12.0. The summed E-state index contributed by atoms with van der Waals surface area (Å²) in [5.74, 6) is -1.78. The summed E-state index contributed by atoms with van der Waals surface area (Å²) in [6, 6.07) is 19.5. The van der Waals surface area contributed by atoms with E-state index >= 15 is 0 Å². The molecule has 9 heteroatoms. The molecule has 196 valence electrons. The van der Waals surface area contributed by atoms with Crippen LogP contribution >= 0.6 is 0 Å². The van der Waals surface area contributed by atoms with Gasteiger partial charge in [0, 0.05) is 13.1 Å². The third-order valence-corrected chi connectivity index (χ3v) is 7.70. The molecule has 0 aromatic heterocycles. The molecule has 0 aliphatic heterocycles. The molecule has 0 saturated carbocycles. The fourth-order valence-corrected chi connectivity index (χ4v) is 5.20. The van der Waals surface area contributed by atoms with Crippen molar-refractivity contribution in [2.24, 2.45) is 0 Å². The Labute approximate surface area is 218 Å². The van der Waals surface area contributed by atoms with E-state index in [1.165, 1.54) is 35.2 Å². The van der Waals surface area contributed by atoms with Crippen molar-refractivity contribution >= 4 is 27.5 Å². The van der Waals surface area contributed by atoms with E-state index in [2.05, 4.69) is 5.32 Å². The number of carbonyl (C=O) groups is 2. The van der Waals surface area contributed by atoms with E-state index in [9.17, 15) is 22.4 Å². The molecule has 2 amide bonds. The lowest BCUT2D eigenvalue weighted by atomic mass is 10.1. The number of benzene rings is 3. The van der Waals surface area contributed by atoms with Gasteiger partial charge < -0.3 is 10.2 Å². The minimum Gasteiger partial charge on any atom is -0.354 e. The number of amides is 2. The molecule has 0 aliphatic carbocycles. The number of carbonyl (C=O) groups excluding carboxylic acids is 2. The highest BCUT2D eigenvalue weighted by molar-refractivity contribution is 7.92. The van der Waals surface area contributed by atoms with Crippen molar-refractivity contribution in [3.63, 3.8) is 0 Å². The Morgan fingerprint density at radius 3 is 2.19 bits per heavy atom. The van der Waals surface area contributed by atoms with E-state index in [0.29, 0.717) is 6.54 Å². The molecular formula is C28H32FN3O4S. The van der Waals surface area contributed by atoms with Gasteiger partial charge in [-0.1, -0.05) is 67.1 Å². The fraction of sp³-hybridized carbons (Fsp3) is 0.286. The van der Waals surface area contributed by atoms with Crippen molar-refractivity contribution in [2.75, 3.05) is 17.4 Å². The molecule has 0 bridgehead atoms. The van der Waals surface area contributed by atoms with E-state index < -0.39 is 34.3 Å². The molecule has 0 spiro atoms. The maximum absolute atomic E-state index is 14.9. The van der Waals surface area contributed by atoms with Crippen molar-refractivity contribution < 1.29 is 22.4 Å². The van der Waals surface area contributed by atoms with Crippen LogP contribution in [0.1, 0.15) is 31.4 Å². The van der Waals surface area contributed by atoms with Crippen LogP contribution in [0.4, 0.5) is 10.1 Å². The smallest absolute Gasteiger partial charge is 0.264 e. The summed E-state index contributed by atoms with van der Waals surface area (Å²) in [7, 11) is -4.30. The van der Waals surface area contributed by atoms with Crippen LogP contribution in [0.3, 0.4) is 0 Å². The Morgan fingerprint density at radius 1 is 0.946 bits per heavy atom. The van der Waals surface area contributed by atoms with E-state index in [1.54, 1.807) is 25.1 Å². The molecule has 0 saturated heterocycles. The van der Waals surface area contributed by atoms with Crippen molar-refractivity contribution in [3.05, 3.63) is 95.8 Å². The molecule has 0 unspecified atom stereocenters. The molecule has 3 rings (SSSR count). The van der Waals surface area contributed by atoms with Gasteiger partial charge in [-0.25, -0.2) is 12.8 Å². The Hall–Kier alpha value is -3.72. The summed E-state index contributed by atoms with van der Waals surface area (Å²) in [6.07, 6.45) is 0.723. The molecular weight excluding hydrogens is 493 g/mol. The average molecular weight is 526 g/mol. The highest BCUT2D eigenvalue weighted by Gasteiger charge is 2.33. The van der Waals surface area contributed by atoms with Gasteiger partial charge in [0.25, 0.3) is 10.0 Å². The predicted molar refractivity (Wildman–Crippen MR) is 142 cm³/mol.